The molecule has 1 amide bonds. The molecule has 2 heterocycles. The van der Waals surface area contributed by atoms with Crippen LogP contribution in [-0.4, -0.2) is 38.3 Å². The molecule has 2 unspecified atom stereocenters. The first-order chi connectivity index (χ1) is 18.7. The fourth-order valence-corrected chi connectivity index (χ4v) is 4.18. The summed E-state index contributed by atoms with van der Waals surface area (Å²) >= 11 is 0. The van der Waals surface area contributed by atoms with Crippen molar-refractivity contribution in [3.63, 3.8) is 0 Å². The van der Waals surface area contributed by atoms with Crippen molar-refractivity contribution in [3.05, 3.63) is 84.1 Å². The number of amides is 1. The highest BCUT2D eigenvalue weighted by Gasteiger charge is 2.38. The summed E-state index contributed by atoms with van der Waals surface area (Å²) in [6.45, 7) is 0. The summed E-state index contributed by atoms with van der Waals surface area (Å²) in [6, 6.07) is 15.3. The first kappa shape index (κ1) is 24.5. The molecule has 11 heteroatoms. The lowest BCUT2D eigenvalue weighted by Gasteiger charge is -2.14. The maximum Gasteiger partial charge on any atom is 0.416 e. The molecule has 0 saturated heterocycles. The summed E-state index contributed by atoms with van der Waals surface area (Å²) in [5.74, 6) is 0.0932. The lowest BCUT2D eigenvalue weighted by molar-refractivity contribution is -0.137. The predicted octanol–water partition coefficient (Wildman–Crippen LogP) is 6.18. The zero-order valence-electron chi connectivity index (χ0n) is 20.1. The lowest BCUT2D eigenvalue weighted by atomic mass is 10.1. The van der Waals surface area contributed by atoms with E-state index in [4.69, 9.17) is 0 Å². The van der Waals surface area contributed by atoms with Gasteiger partial charge in [0.2, 0.25) is 5.91 Å². The van der Waals surface area contributed by atoms with Gasteiger partial charge in [-0.25, -0.2) is 14.4 Å². The maximum atomic E-state index is 13.5. The molecule has 6 rings (SSSR count). The van der Waals surface area contributed by atoms with Gasteiger partial charge in [0, 0.05) is 34.5 Å². The smallest absolute Gasteiger partial charge is 0.347 e. The standard InChI is InChI=1S/C28H20F4N6O/c29-21-13-24(21)35-25(39)9-4-15-2-1-3-16(10-15)26-36-23-7-5-18(28(30,31)32)12-20(23)27(37-26)34-19-6-8-22-17(11-19)14-33-38-22/h1-12,14,21,24H,13H2,(H,33,38)(H,35,39)(H,34,36,37)/b9-4+. The van der Waals surface area contributed by atoms with Crippen LogP contribution in [0.15, 0.2) is 72.9 Å². The number of H-pyrrole nitrogens is 1. The molecule has 2 atom stereocenters. The van der Waals surface area contributed by atoms with Gasteiger partial charge in [-0.1, -0.05) is 18.2 Å². The second-order valence-electron chi connectivity index (χ2n) is 9.25. The van der Waals surface area contributed by atoms with E-state index in [0.717, 1.165) is 23.0 Å². The van der Waals surface area contributed by atoms with Crippen LogP contribution in [0.1, 0.15) is 17.5 Å². The molecule has 39 heavy (non-hydrogen) atoms. The Bertz CT molecular complexity index is 1750. The average molecular weight is 533 g/mol. The number of hydrogen-bond acceptors (Lipinski definition) is 5. The van der Waals surface area contributed by atoms with Gasteiger partial charge in [0.25, 0.3) is 0 Å². The monoisotopic (exact) mass is 532 g/mol. The van der Waals surface area contributed by atoms with Crippen molar-refractivity contribution in [2.24, 2.45) is 0 Å². The van der Waals surface area contributed by atoms with Crippen LogP contribution in [0.4, 0.5) is 29.1 Å². The topological polar surface area (TPSA) is 95.6 Å². The number of rotatable bonds is 6. The molecule has 2 aromatic heterocycles. The molecule has 7 nitrogen and oxygen atoms in total. The molecule has 196 valence electrons. The number of hydrogen-bond donors (Lipinski definition) is 3. The normalized spacial score (nSPS) is 17.1. The Labute approximate surface area is 219 Å². The van der Waals surface area contributed by atoms with Crippen molar-refractivity contribution >= 4 is 45.3 Å². The lowest BCUT2D eigenvalue weighted by Crippen LogP contribution is -2.24. The van der Waals surface area contributed by atoms with E-state index in [9.17, 15) is 22.4 Å². The molecular weight excluding hydrogens is 512 g/mol. The largest absolute Gasteiger partial charge is 0.416 e. The Morgan fingerprint density at radius 3 is 2.69 bits per heavy atom. The number of aromatic nitrogens is 4. The van der Waals surface area contributed by atoms with Crippen molar-refractivity contribution in [2.45, 2.75) is 24.8 Å². The molecule has 1 aliphatic carbocycles. The van der Waals surface area contributed by atoms with Crippen molar-refractivity contribution in [1.29, 1.82) is 0 Å². The summed E-state index contributed by atoms with van der Waals surface area (Å²) in [4.78, 5) is 21.1. The SMILES string of the molecule is O=C(/C=C/c1cccc(-c2nc(Nc3ccc4[nH]ncc4c3)c3cc(C(F)(F)F)ccc3n2)c1)NC1CC1F. The van der Waals surface area contributed by atoms with Crippen LogP contribution in [0.25, 0.3) is 39.3 Å². The van der Waals surface area contributed by atoms with Crippen LogP contribution in [-0.2, 0) is 11.0 Å². The summed E-state index contributed by atoms with van der Waals surface area (Å²) in [6.07, 6.45) is -0.644. The van der Waals surface area contributed by atoms with Crippen LogP contribution >= 0.6 is 0 Å². The minimum atomic E-state index is -4.53. The number of benzene rings is 3. The molecule has 0 radical (unpaired) electrons. The fourth-order valence-electron chi connectivity index (χ4n) is 4.18. The maximum absolute atomic E-state index is 13.5. The number of aromatic amines is 1. The van der Waals surface area contributed by atoms with Crippen molar-refractivity contribution in [3.8, 4) is 11.4 Å². The highest BCUT2D eigenvalue weighted by Crippen LogP contribution is 2.35. The number of anilines is 2. The minimum Gasteiger partial charge on any atom is -0.347 e. The number of nitrogens with one attached hydrogen (secondary N) is 3. The Hall–Kier alpha value is -4.80. The Balaban J connectivity index is 1.38. The van der Waals surface area contributed by atoms with E-state index in [0.29, 0.717) is 28.8 Å². The van der Waals surface area contributed by atoms with Crippen LogP contribution < -0.4 is 10.6 Å². The summed E-state index contributed by atoms with van der Waals surface area (Å²) in [5, 5.41) is 13.6. The number of fused-ring (bicyclic) bond motifs is 2. The molecule has 5 aromatic rings. The summed E-state index contributed by atoms with van der Waals surface area (Å²) < 4.78 is 53.5. The van der Waals surface area contributed by atoms with Crippen LogP contribution in [0.2, 0.25) is 0 Å². The van der Waals surface area contributed by atoms with Gasteiger partial charge < -0.3 is 10.6 Å². The third kappa shape index (κ3) is 5.28. The Morgan fingerprint density at radius 2 is 1.90 bits per heavy atom. The summed E-state index contributed by atoms with van der Waals surface area (Å²) in [5.41, 5.74) is 2.21. The average Bonchev–Trinajstić information content (AvgIpc) is 3.40. The predicted molar refractivity (Wildman–Crippen MR) is 140 cm³/mol. The minimum absolute atomic E-state index is 0.203. The molecule has 1 aliphatic rings. The van der Waals surface area contributed by atoms with Crippen LogP contribution in [0.5, 0.6) is 0 Å². The molecule has 0 spiro atoms. The van der Waals surface area contributed by atoms with Gasteiger partial charge >= 0.3 is 6.18 Å². The second kappa shape index (κ2) is 9.50. The van der Waals surface area contributed by atoms with Gasteiger partial charge in [0.15, 0.2) is 5.82 Å². The first-order valence-electron chi connectivity index (χ1n) is 12.1. The quantitative estimate of drug-likeness (QED) is 0.179. The molecule has 3 N–H and O–H groups in total. The van der Waals surface area contributed by atoms with Gasteiger partial charge in [0.05, 0.1) is 28.8 Å². The van der Waals surface area contributed by atoms with Crippen LogP contribution in [0, 0.1) is 0 Å². The zero-order valence-corrected chi connectivity index (χ0v) is 20.1. The number of halogens is 4. The molecule has 1 fully saturated rings. The van der Waals surface area contributed by atoms with Crippen molar-refractivity contribution in [2.75, 3.05) is 5.32 Å². The van der Waals surface area contributed by atoms with Crippen molar-refractivity contribution in [1.82, 2.24) is 25.5 Å². The van der Waals surface area contributed by atoms with Gasteiger partial charge in [0.1, 0.15) is 12.0 Å². The van der Waals surface area contributed by atoms with Gasteiger partial charge in [-0.2, -0.15) is 18.3 Å². The Kier molecular flexibility index (Phi) is 5.97. The van der Waals surface area contributed by atoms with Crippen LogP contribution in [0.3, 0.4) is 0 Å². The Morgan fingerprint density at radius 1 is 1.05 bits per heavy atom. The van der Waals surface area contributed by atoms with Crippen molar-refractivity contribution < 1.29 is 22.4 Å². The number of nitrogens with zero attached hydrogens (tertiary/aromatic N) is 3. The number of carbonyl (C=O) groups excluding carboxylic acids is 1. The van der Waals surface area contributed by atoms with E-state index in [1.807, 2.05) is 6.07 Å². The van der Waals surface area contributed by atoms with E-state index >= 15 is 0 Å². The highest BCUT2D eigenvalue weighted by atomic mass is 19.4. The zero-order chi connectivity index (χ0) is 27.1. The van der Waals surface area contributed by atoms with Gasteiger partial charge in [-0.3, -0.25) is 9.89 Å². The van der Waals surface area contributed by atoms with Gasteiger partial charge in [-0.15, -0.1) is 0 Å². The van der Waals surface area contributed by atoms with E-state index < -0.39 is 29.9 Å². The first-order valence-corrected chi connectivity index (χ1v) is 12.1. The van der Waals surface area contributed by atoms with E-state index in [1.165, 1.54) is 12.1 Å². The third-order valence-electron chi connectivity index (χ3n) is 6.34. The molecule has 3 aromatic carbocycles. The van der Waals surface area contributed by atoms with Gasteiger partial charge in [-0.05, 0) is 54.1 Å². The molecule has 0 aliphatic heterocycles. The third-order valence-corrected chi connectivity index (χ3v) is 6.34. The second-order valence-corrected chi connectivity index (χ2v) is 9.25. The highest BCUT2D eigenvalue weighted by molar-refractivity contribution is 5.94. The molecular formula is C28H20F4N6O. The fraction of sp³-hybridized carbons (Fsp3) is 0.143. The van der Waals surface area contributed by atoms with E-state index in [2.05, 4.69) is 30.8 Å². The summed E-state index contributed by atoms with van der Waals surface area (Å²) in [7, 11) is 0. The molecule has 1 saturated carbocycles. The number of alkyl halides is 4. The van der Waals surface area contributed by atoms with E-state index in [-0.39, 0.29) is 17.0 Å². The van der Waals surface area contributed by atoms with E-state index in [1.54, 1.807) is 48.7 Å². The molecule has 0 bridgehead atoms. The number of carbonyl (C=O) groups is 1.